The Kier molecular flexibility index (Phi) is 4.59. The number of benzene rings is 1. The minimum absolute atomic E-state index is 0.00104. The largest absolute Gasteiger partial charge is 0.477 e. The quantitative estimate of drug-likeness (QED) is 0.826. The number of hydrogen-bond acceptors (Lipinski definition) is 4. The van der Waals surface area contributed by atoms with Crippen LogP contribution in [0.4, 0.5) is 4.39 Å². The molecule has 5 nitrogen and oxygen atoms in total. The fourth-order valence-corrected chi connectivity index (χ4v) is 3.70. The molecular formula is C20H21FN2O3. The number of amides is 1. The van der Waals surface area contributed by atoms with Crippen LogP contribution in [0.25, 0.3) is 0 Å². The first-order valence-corrected chi connectivity index (χ1v) is 8.85. The number of ether oxygens (including phenoxy) is 2. The van der Waals surface area contributed by atoms with Gasteiger partial charge in [-0.1, -0.05) is 18.2 Å². The Labute approximate surface area is 151 Å². The van der Waals surface area contributed by atoms with Crippen LogP contribution in [-0.4, -0.2) is 47.7 Å². The summed E-state index contributed by atoms with van der Waals surface area (Å²) in [6.07, 6.45) is 2.83. The number of hydrogen-bond donors (Lipinski definition) is 0. The van der Waals surface area contributed by atoms with Gasteiger partial charge in [-0.05, 0) is 30.2 Å². The Hall–Kier alpha value is -2.47. The third-order valence-corrected chi connectivity index (χ3v) is 5.18. The van der Waals surface area contributed by atoms with Crippen LogP contribution in [0, 0.1) is 11.7 Å². The smallest absolute Gasteiger partial charge is 0.227 e. The number of aromatic nitrogens is 1. The van der Waals surface area contributed by atoms with Crippen molar-refractivity contribution in [2.24, 2.45) is 5.92 Å². The molecule has 4 rings (SSSR count). The molecular weight excluding hydrogens is 335 g/mol. The molecule has 2 aliphatic rings. The molecule has 0 radical (unpaired) electrons. The van der Waals surface area contributed by atoms with Crippen molar-refractivity contribution in [1.29, 1.82) is 0 Å². The van der Waals surface area contributed by atoms with E-state index in [9.17, 15) is 9.18 Å². The number of halogens is 1. The molecule has 26 heavy (non-hydrogen) atoms. The summed E-state index contributed by atoms with van der Waals surface area (Å²) in [7, 11) is 0. The average molecular weight is 356 g/mol. The van der Waals surface area contributed by atoms with E-state index in [1.807, 2.05) is 18.2 Å². The lowest BCUT2D eigenvalue weighted by atomic mass is 9.81. The van der Waals surface area contributed by atoms with Crippen molar-refractivity contribution in [1.82, 2.24) is 9.88 Å². The predicted molar refractivity (Wildman–Crippen MR) is 93.2 cm³/mol. The minimum atomic E-state index is -0.318. The first kappa shape index (κ1) is 17.0. The number of likely N-dealkylation sites (tertiary alicyclic amines) is 1. The van der Waals surface area contributed by atoms with Gasteiger partial charge in [0.1, 0.15) is 11.4 Å². The van der Waals surface area contributed by atoms with Crippen LogP contribution in [-0.2, 0) is 16.0 Å². The third kappa shape index (κ3) is 3.42. The lowest BCUT2D eigenvalue weighted by molar-refractivity contribution is -0.166. The third-order valence-electron chi connectivity index (χ3n) is 5.18. The van der Waals surface area contributed by atoms with E-state index >= 15 is 0 Å². The molecule has 2 fully saturated rings. The summed E-state index contributed by atoms with van der Waals surface area (Å²) < 4.78 is 25.0. The lowest BCUT2D eigenvalue weighted by Gasteiger charge is -2.50. The molecule has 2 aliphatic heterocycles. The van der Waals surface area contributed by atoms with E-state index in [2.05, 4.69) is 4.98 Å². The van der Waals surface area contributed by atoms with E-state index in [-0.39, 0.29) is 29.7 Å². The number of carbonyl (C=O) groups is 1. The molecule has 0 bridgehead atoms. The van der Waals surface area contributed by atoms with Crippen molar-refractivity contribution in [2.45, 2.75) is 18.4 Å². The maximum absolute atomic E-state index is 13.3. The Balaban J connectivity index is 1.32. The van der Waals surface area contributed by atoms with Gasteiger partial charge < -0.3 is 14.4 Å². The molecule has 3 heterocycles. The van der Waals surface area contributed by atoms with Gasteiger partial charge in [-0.2, -0.15) is 0 Å². The van der Waals surface area contributed by atoms with Crippen LogP contribution in [0.3, 0.4) is 0 Å². The van der Waals surface area contributed by atoms with E-state index in [1.54, 1.807) is 23.2 Å². The molecule has 0 aliphatic carbocycles. The first-order valence-electron chi connectivity index (χ1n) is 8.85. The molecule has 1 unspecified atom stereocenters. The summed E-state index contributed by atoms with van der Waals surface area (Å²) in [6.45, 7) is 2.35. The molecule has 1 atom stereocenters. The Morgan fingerprint density at radius 1 is 1.31 bits per heavy atom. The maximum Gasteiger partial charge on any atom is 0.227 e. The number of carbonyl (C=O) groups excluding carboxylic acids is 1. The zero-order valence-corrected chi connectivity index (χ0v) is 14.4. The molecule has 1 spiro atoms. The monoisotopic (exact) mass is 356 g/mol. The van der Waals surface area contributed by atoms with Gasteiger partial charge in [0.15, 0.2) is 0 Å². The SMILES string of the molecule is O=C(Cc1cccc(F)c1)N1CC2(C1)OCCC2COc1ccccn1. The minimum Gasteiger partial charge on any atom is -0.477 e. The lowest BCUT2D eigenvalue weighted by Crippen LogP contribution is -2.67. The van der Waals surface area contributed by atoms with Crippen LogP contribution in [0.15, 0.2) is 48.7 Å². The van der Waals surface area contributed by atoms with Crippen LogP contribution < -0.4 is 4.74 Å². The van der Waals surface area contributed by atoms with Crippen LogP contribution >= 0.6 is 0 Å². The Morgan fingerprint density at radius 3 is 2.96 bits per heavy atom. The zero-order valence-electron chi connectivity index (χ0n) is 14.4. The maximum atomic E-state index is 13.3. The molecule has 1 amide bonds. The van der Waals surface area contributed by atoms with Gasteiger partial charge in [-0.25, -0.2) is 9.37 Å². The average Bonchev–Trinajstić information content (AvgIpc) is 3.03. The highest BCUT2D eigenvalue weighted by molar-refractivity contribution is 5.80. The van der Waals surface area contributed by atoms with E-state index < -0.39 is 0 Å². The summed E-state index contributed by atoms with van der Waals surface area (Å²) in [5, 5.41) is 0. The standard InChI is InChI=1S/C20H21FN2O3/c21-17-5-3-4-15(10-17)11-19(24)23-13-20(14-23)16(7-9-26-20)12-25-18-6-1-2-8-22-18/h1-6,8,10,16H,7,9,11-14H2. The van der Waals surface area contributed by atoms with Crippen LogP contribution in [0.5, 0.6) is 5.88 Å². The number of pyridine rings is 1. The van der Waals surface area contributed by atoms with Gasteiger partial charge in [0, 0.05) is 24.8 Å². The molecule has 1 aromatic carbocycles. The summed E-state index contributed by atoms with van der Waals surface area (Å²) in [4.78, 5) is 18.4. The van der Waals surface area contributed by atoms with Gasteiger partial charge in [0.05, 0.1) is 26.1 Å². The topological polar surface area (TPSA) is 51.7 Å². The van der Waals surface area contributed by atoms with Crippen molar-refractivity contribution in [3.63, 3.8) is 0 Å². The highest BCUT2D eigenvalue weighted by Crippen LogP contribution is 2.40. The molecule has 136 valence electrons. The van der Waals surface area contributed by atoms with E-state index in [0.29, 0.717) is 37.7 Å². The predicted octanol–water partition coefficient (Wildman–Crippen LogP) is 2.46. The van der Waals surface area contributed by atoms with Gasteiger partial charge in [0.25, 0.3) is 0 Å². The number of rotatable bonds is 5. The van der Waals surface area contributed by atoms with Crippen LogP contribution in [0.2, 0.25) is 0 Å². The van der Waals surface area contributed by atoms with Gasteiger partial charge >= 0.3 is 0 Å². The van der Waals surface area contributed by atoms with E-state index in [0.717, 1.165) is 6.42 Å². The summed E-state index contributed by atoms with van der Waals surface area (Å²) in [5.74, 6) is 0.526. The fourth-order valence-electron chi connectivity index (χ4n) is 3.70. The van der Waals surface area contributed by atoms with Crippen molar-refractivity contribution < 1.29 is 18.7 Å². The second kappa shape index (κ2) is 7.03. The van der Waals surface area contributed by atoms with E-state index in [4.69, 9.17) is 9.47 Å². The molecule has 2 aromatic rings. The Bertz CT molecular complexity index is 778. The molecule has 6 heteroatoms. The molecule has 0 saturated carbocycles. The normalized spacial score (nSPS) is 20.8. The number of nitrogens with zero attached hydrogens (tertiary/aromatic N) is 2. The zero-order chi connectivity index (χ0) is 18.0. The molecule has 1 aromatic heterocycles. The first-order chi connectivity index (χ1) is 12.6. The summed E-state index contributed by atoms with van der Waals surface area (Å²) in [5.41, 5.74) is 0.380. The highest BCUT2D eigenvalue weighted by Gasteiger charge is 2.54. The Morgan fingerprint density at radius 2 is 2.19 bits per heavy atom. The summed E-state index contributed by atoms with van der Waals surface area (Å²) in [6, 6.07) is 11.7. The van der Waals surface area contributed by atoms with Crippen molar-refractivity contribution in [3.8, 4) is 5.88 Å². The second-order valence-electron chi connectivity index (χ2n) is 6.93. The van der Waals surface area contributed by atoms with Crippen LogP contribution in [0.1, 0.15) is 12.0 Å². The van der Waals surface area contributed by atoms with Crippen molar-refractivity contribution in [2.75, 3.05) is 26.3 Å². The molecule has 0 N–H and O–H groups in total. The van der Waals surface area contributed by atoms with Gasteiger partial charge in [0.2, 0.25) is 11.8 Å². The molecule has 2 saturated heterocycles. The fraction of sp³-hybridized carbons (Fsp3) is 0.400. The van der Waals surface area contributed by atoms with Crippen molar-refractivity contribution in [3.05, 3.63) is 60.0 Å². The summed E-state index contributed by atoms with van der Waals surface area (Å²) >= 11 is 0. The van der Waals surface area contributed by atoms with Crippen molar-refractivity contribution >= 4 is 5.91 Å². The van der Waals surface area contributed by atoms with Gasteiger partial charge in [-0.15, -0.1) is 0 Å². The van der Waals surface area contributed by atoms with E-state index in [1.165, 1.54) is 12.1 Å². The highest BCUT2D eigenvalue weighted by atomic mass is 19.1. The second-order valence-corrected chi connectivity index (χ2v) is 6.93. The van der Waals surface area contributed by atoms with Gasteiger partial charge in [-0.3, -0.25) is 4.79 Å².